The van der Waals surface area contributed by atoms with Crippen LogP contribution in [0.15, 0.2) is 42.7 Å². The Morgan fingerprint density at radius 1 is 1.23 bits per heavy atom. The Balaban J connectivity index is 2.15. The molecule has 13 heavy (non-hydrogen) atoms. The minimum atomic E-state index is 0.796. The van der Waals surface area contributed by atoms with Crippen LogP contribution in [0.3, 0.4) is 0 Å². The molecule has 3 heteroatoms. The van der Waals surface area contributed by atoms with Gasteiger partial charge >= 0.3 is 0 Å². The lowest BCUT2D eigenvalue weighted by molar-refractivity contribution is 0.687. The quantitative estimate of drug-likeness (QED) is 0.699. The van der Waals surface area contributed by atoms with Crippen molar-refractivity contribution in [1.82, 2.24) is 9.78 Å². The molecule has 66 valence electrons. The third-order valence-electron chi connectivity index (χ3n) is 1.88. The molecule has 0 bridgehead atoms. The minimum absolute atomic E-state index is 0.796. The number of nitrogen functional groups attached to an aromatic ring is 1. The van der Waals surface area contributed by atoms with Crippen LogP contribution in [0.4, 0.5) is 5.69 Å². The molecular weight excluding hydrogens is 162 g/mol. The van der Waals surface area contributed by atoms with E-state index in [9.17, 15) is 0 Å². The van der Waals surface area contributed by atoms with Crippen molar-refractivity contribution in [3.63, 3.8) is 0 Å². The SMILES string of the molecule is Nc1ccc(Cn2cccn2)cc1. The summed E-state index contributed by atoms with van der Waals surface area (Å²) in [6.07, 6.45) is 3.72. The number of hydrogen-bond donors (Lipinski definition) is 1. The van der Waals surface area contributed by atoms with Gasteiger partial charge in [0.15, 0.2) is 0 Å². The highest BCUT2D eigenvalue weighted by Gasteiger charge is 1.93. The molecule has 0 atom stereocenters. The van der Waals surface area contributed by atoms with Gasteiger partial charge in [-0.3, -0.25) is 4.68 Å². The van der Waals surface area contributed by atoms with E-state index in [-0.39, 0.29) is 0 Å². The predicted octanol–water partition coefficient (Wildman–Crippen LogP) is 1.51. The van der Waals surface area contributed by atoms with Gasteiger partial charge in [-0.25, -0.2) is 0 Å². The van der Waals surface area contributed by atoms with Gasteiger partial charge in [-0.2, -0.15) is 5.10 Å². The minimum Gasteiger partial charge on any atom is -0.399 e. The van der Waals surface area contributed by atoms with Crippen molar-refractivity contribution in [1.29, 1.82) is 0 Å². The maximum absolute atomic E-state index is 5.58. The summed E-state index contributed by atoms with van der Waals surface area (Å²) in [7, 11) is 0. The highest BCUT2D eigenvalue weighted by molar-refractivity contribution is 5.39. The molecule has 0 saturated carbocycles. The first kappa shape index (κ1) is 7.86. The van der Waals surface area contributed by atoms with Gasteiger partial charge in [0.05, 0.1) is 6.54 Å². The molecule has 0 aliphatic rings. The zero-order chi connectivity index (χ0) is 9.10. The fourth-order valence-electron chi connectivity index (χ4n) is 1.20. The summed E-state index contributed by atoms with van der Waals surface area (Å²) in [5, 5.41) is 4.12. The second-order valence-electron chi connectivity index (χ2n) is 2.95. The standard InChI is InChI=1S/C10H11N3/c11-10-4-2-9(3-5-10)8-13-7-1-6-12-13/h1-7H,8,11H2. The molecular formula is C10H11N3. The van der Waals surface area contributed by atoms with Crippen molar-refractivity contribution in [3.05, 3.63) is 48.3 Å². The largest absolute Gasteiger partial charge is 0.399 e. The lowest BCUT2D eigenvalue weighted by Crippen LogP contribution is -1.99. The van der Waals surface area contributed by atoms with Crippen LogP contribution in [0.1, 0.15) is 5.56 Å². The fourth-order valence-corrected chi connectivity index (χ4v) is 1.20. The first-order valence-corrected chi connectivity index (χ1v) is 4.16. The van der Waals surface area contributed by atoms with Crippen LogP contribution in [0.2, 0.25) is 0 Å². The number of nitrogens with zero attached hydrogens (tertiary/aromatic N) is 2. The summed E-state index contributed by atoms with van der Waals surface area (Å²) >= 11 is 0. The first-order chi connectivity index (χ1) is 6.34. The van der Waals surface area contributed by atoms with Crippen LogP contribution in [0.5, 0.6) is 0 Å². The Bertz CT molecular complexity index is 362. The maximum Gasteiger partial charge on any atom is 0.0659 e. The van der Waals surface area contributed by atoms with Gasteiger partial charge < -0.3 is 5.73 Å². The second-order valence-corrected chi connectivity index (χ2v) is 2.95. The molecule has 2 rings (SSSR count). The lowest BCUT2D eigenvalue weighted by Gasteiger charge is -2.01. The highest BCUT2D eigenvalue weighted by Crippen LogP contribution is 2.06. The van der Waals surface area contributed by atoms with E-state index in [1.807, 2.05) is 41.2 Å². The molecule has 0 unspecified atom stereocenters. The van der Waals surface area contributed by atoms with Crippen molar-refractivity contribution in [2.45, 2.75) is 6.54 Å². The molecule has 0 amide bonds. The zero-order valence-corrected chi connectivity index (χ0v) is 7.22. The Kier molecular flexibility index (Phi) is 2.00. The first-order valence-electron chi connectivity index (χ1n) is 4.16. The van der Waals surface area contributed by atoms with E-state index in [1.54, 1.807) is 6.20 Å². The molecule has 1 aromatic heterocycles. The number of rotatable bonds is 2. The lowest BCUT2D eigenvalue weighted by atomic mass is 10.2. The van der Waals surface area contributed by atoms with E-state index >= 15 is 0 Å². The highest BCUT2D eigenvalue weighted by atomic mass is 15.3. The van der Waals surface area contributed by atoms with E-state index in [0.29, 0.717) is 0 Å². The second kappa shape index (κ2) is 3.31. The molecule has 1 heterocycles. The number of aromatic nitrogens is 2. The molecule has 3 nitrogen and oxygen atoms in total. The van der Waals surface area contributed by atoms with Crippen LogP contribution in [-0.4, -0.2) is 9.78 Å². The van der Waals surface area contributed by atoms with Gasteiger partial charge in [0.25, 0.3) is 0 Å². The van der Waals surface area contributed by atoms with Gasteiger partial charge in [0.1, 0.15) is 0 Å². The van der Waals surface area contributed by atoms with Crippen LogP contribution in [-0.2, 0) is 6.54 Å². The predicted molar refractivity (Wildman–Crippen MR) is 52.2 cm³/mol. The van der Waals surface area contributed by atoms with E-state index in [0.717, 1.165) is 12.2 Å². The van der Waals surface area contributed by atoms with E-state index in [2.05, 4.69) is 5.10 Å². The molecule has 0 aliphatic heterocycles. The molecule has 2 N–H and O–H groups in total. The van der Waals surface area contributed by atoms with Gasteiger partial charge in [-0.1, -0.05) is 12.1 Å². The number of anilines is 1. The average molecular weight is 173 g/mol. The average Bonchev–Trinajstić information content (AvgIpc) is 2.62. The topological polar surface area (TPSA) is 43.8 Å². The summed E-state index contributed by atoms with van der Waals surface area (Å²) in [5.74, 6) is 0. The zero-order valence-electron chi connectivity index (χ0n) is 7.22. The third-order valence-corrected chi connectivity index (χ3v) is 1.88. The molecule has 0 aliphatic carbocycles. The van der Waals surface area contributed by atoms with Crippen molar-refractivity contribution >= 4 is 5.69 Å². The van der Waals surface area contributed by atoms with Crippen molar-refractivity contribution in [3.8, 4) is 0 Å². The van der Waals surface area contributed by atoms with Crippen LogP contribution >= 0.6 is 0 Å². The van der Waals surface area contributed by atoms with Crippen LogP contribution in [0.25, 0.3) is 0 Å². The summed E-state index contributed by atoms with van der Waals surface area (Å²) in [6, 6.07) is 9.74. The monoisotopic (exact) mass is 173 g/mol. The molecule has 0 spiro atoms. The summed E-state index contributed by atoms with van der Waals surface area (Å²) in [6.45, 7) is 0.799. The number of nitrogens with two attached hydrogens (primary N) is 1. The summed E-state index contributed by atoms with van der Waals surface area (Å²) in [4.78, 5) is 0. The van der Waals surface area contributed by atoms with Crippen molar-refractivity contribution < 1.29 is 0 Å². The Morgan fingerprint density at radius 2 is 2.00 bits per heavy atom. The van der Waals surface area contributed by atoms with Crippen LogP contribution < -0.4 is 5.73 Å². The van der Waals surface area contributed by atoms with Gasteiger partial charge in [-0.15, -0.1) is 0 Å². The number of hydrogen-bond acceptors (Lipinski definition) is 2. The maximum atomic E-state index is 5.58. The fraction of sp³-hybridized carbons (Fsp3) is 0.100. The van der Waals surface area contributed by atoms with Crippen molar-refractivity contribution in [2.24, 2.45) is 0 Å². The Morgan fingerprint density at radius 3 is 2.62 bits per heavy atom. The van der Waals surface area contributed by atoms with Gasteiger partial charge in [0, 0.05) is 18.1 Å². The Hall–Kier alpha value is -1.77. The molecule has 2 aromatic rings. The normalized spacial score (nSPS) is 10.2. The summed E-state index contributed by atoms with van der Waals surface area (Å²) < 4.78 is 1.88. The molecule has 0 radical (unpaired) electrons. The summed E-state index contributed by atoms with van der Waals surface area (Å²) in [5.41, 5.74) is 7.58. The van der Waals surface area contributed by atoms with E-state index in [1.165, 1.54) is 5.56 Å². The number of benzene rings is 1. The Labute approximate surface area is 76.8 Å². The third kappa shape index (κ3) is 1.87. The smallest absolute Gasteiger partial charge is 0.0659 e. The van der Waals surface area contributed by atoms with E-state index < -0.39 is 0 Å². The van der Waals surface area contributed by atoms with Gasteiger partial charge in [0.2, 0.25) is 0 Å². The van der Waals surface area contributed by atoms with Crippen LogP contribution in [0, 0.1) is 0 Å². The molecule has 0 fully saturated rings. The van der Waals surface area contributed by atoms with E-state index in [4.69, 9.17) is 5.73 Å². The molecule has 0 saturated heterocycles. The molecule has 1 aromatic carbocycles. The van der Waals surface area contributed by atoms with Crippen molar-refractivity contribution in [2.75, 3.05) is 5.73 Å². The van der Waals surface area contributed by atoms with Gasteiger partial charge in [-0.05, 0) is 23.8 Å².